The number of sulfonamides is 1. The summed E-state index contributed by atoms with van der Waals surface area (Å²) >= 11 is 11.9. The summed E-state index contributed by atoms with van der Waals surface area (Å²) in [5.74, 6) is -0.811. The van der Waals surface area contributed by atoms with Crippen LogP contribution >= 0.6 is 23.2 Å². The van der Waals surface area contributed by atoms with Gasteiger partial charge in [0.2, 0.25) is 0 Å². The van der Waals surface area contributed by atoms with Gasteiger partial charge in [-0.1, -0.05) is 40.9 Å². The van der Waals surface area contributed by atoms with Gasteiger partial charge >= 0.3 is 5.97 Å². The summed E-state index contributed by atoms with van der Waals surface area (Å²) in [7, 11) is -3.75. The minimum absolute atomic E-state index is 0.140. The highest BCUT2D eigenvalue weighted by atomic mass is 35.5. The largest absolute Gasteiger partial charge is 0.423 e. The first-order valence-electron chi connectivity index (χ1n) is 11.4. The van der Waals surface area contributed by atoms with Gasteiger partial charge in [-0.05, 0) is 91.3 Å². The van der Waals surface area contributed by atoms with Crippen molar-refractivity contribution in [2.75, 3.05) is 4.72 Å². The molecule has 4 rings (SSSR count). The van der Waals surface area contributed by atoms with E-state index in [0.717, 1.165) is 5.56 Å². The summed E-state index contributed by atoms with van der Waals surface area (Å²) < 4.78 is 32.9. The number of hydrazone groups is 1. The van der Waals surface area contributed by atoms with Gasteiger partial charge in [-0.25, -0.2) is 18.6 Å². The Labute approximate surface area is 235 Å². The monoisotopic (exact) mass is 581 g/mol. The average Bonchev–Trinajstić information content (AvgIpc) is 2.90. The quantitative estimate of drug-likeness (QED) is 0.113. The lowest BCUT2D eigenvalue weighted by Crippen LogP contribution is -2.18. The molecule has 1 amide bonds. The van der Waals surface area contributed by atoms with Crippen molar-refractivity contribution in [3.05, 3.63) is 123 Å². The number of carbonyl (C=O) groups excluding carboxylic acids is 2. The topological polar surface area (TPSA) is 114 Å². The molecule has 0 aliphatic rings. The van der Waals surface area contributed by atoms with Crippen molar-refractivity contribution in [1.29, 1.82) is 0 Å². The van der Waals surface area contributed by atoms with Gasteiger partial charge < -0.3 is 4.74 Å². The Morgan fingerprint density at radius 3 is 2.18 bits per heavy atom. The van der Waals surface area contributed by atoms with E-state index in [4.69, 9.17) is 27.9 Å². The molecule has 2 N–H and O–H groups in total. The number of benzene rings is 4. The zero-order valence-electron chi connectivity index (χ0n) is 20.4. The molecule has 0 radical (unpaired) electrons. The van der Waals surface area contributed by atoms with E-state index in [1.165, 1.54) is 54.7 Å². The fourth-order valence-corrected chi connectivity index (χ4v) is 4.83. The number of anilines is 1. The van der Waals surface area contributed by atoms with Crippen LogP contribution in [0.15, 0.2) is 101 Å². The van der Waals surface area contributed by atoms with Gasteiger partial charge in [-0.15, -0.1) is 0 Å². The predicted octanol–water partition coefficient (Wildman–Crippen LogP) is 6.09. The summed E-state index contributed by atoms with van der Waals surface area (Å²) in [4.78, 5) is 24.9. The SMILES string of the molecule is Cc1ccc(S(=O)(=O)Nc2ccc(C(=O)N/N=C\c3ccc(OC(=O)c4ccc(Cl)cc4Cl)cc3)cc2)cc1. The fraction of sp³-hybridized carbons (Fsp3) is 0.0357. The van der Waals surface area contributed by atoms with Gasteiger partial charge in [0.1, 0.15) is 5.75 Å². The van der Waals surface area contributed by atoms with Crippen molar-refractivity contribution in [3.63, 3.8) is 0 Å². The molecule has 11 heteroatoms. The molecule has 0 atom stereocenters. The standard InChI is InChI=1S/C28H21Cl2N3O5S/c1-18-2-13-24(14-3-18)39(36,37)33-22-9-6-20(7-10-22)27(34)32-31-17-19-4-11-23(12-5-19)38-28(35)25-15-8-21(29)16-26(25)30/h2-17,33H,1H3,(H,32,34)/b31-17-. The molecule has 0 aromatic heterocycles. The molecular weight excluding hydrogens is 561 g/mol. The highest BCUT2D eigenvalue weighted by Gasteiger charge is 2.15. The summed E-state index contributed by atoms with van der Waals surface area (Å²) in [5, 5.41) is 4.52. The predicted molar refractivity (Wildman–Crippen MR) is 151 cm³/mol. The number of ether oxygens (including phenoxy) is 1. The third-order valence-corrected chi connectivity index (χ3v) is 7.30. The Bertz CT molecular complexity index is 1640. The fourth-order valence-electron chi connectivity index (χ4n) is 3.29. The number of nitrogens with one attached hydrogen (secondary N) is 2. The third kappa shape index (κ3) is 7.44. The van der Waals surface area contributed by atoms with E-state index in [2.05, 4.69) is 15.2 Å². The van der Waals surface area contributed by atoms with Gasteiger partial charge in [0.15, 0.2) is 0 Å². The number of amides is 1. The van der Waals surface area contributed by atoms with Crippen molar-refractivity contribution in [1.82, 2.24) is 5.43 Å². The van der Waals surface area contributed by atoms with Crippen molar-refractivity contribution in [3.8, 4) is 5.75 Å². The number of esters is 1. The molecule has 4 aromatic carbocycles. The first kappa shape index (κ1) is 27.8. The van der Waals surface area contributed by atoms with Crippen LogP contribution in [0.1, 0.15) is 31.8 Å². The van der Waals surface area contributed by atoms with Crippen molar-refractivity contribution in [2.45, 2.75) is 11.8 Å². The number of hydrogen-bond acceptors (Lipinski definition) is 6. The van der Waals surface area contributed by atoms with Crippen LogP contribution in [-0.2, 0) is 10.0 Å². The van der Waals surface area contributed by atoms with E-state index in [0.29, 0.717) is 22.0 Å². The molecule has 0 saturated heterocycles. The third-order valence-electron chi connectivity index (χ3n) is 5.35. The van der Waals surface area contributed by atoms with E-state index in [1.54, 1.807) is 42.5 Å². The van der Waals surface area contributed by atoms with Crippen molar-refractivity contribution in [2.24, 2.45) is 5.10 Å². The van der Waals surface area contributed by atoms with Gasteiger partial charge in [-0.3, -0.25) is 9.52 Å². The van der Waals surface area contributed by atoms with E-state index in [-0.39, 0.29) is 21.0 Å². The van der Waals surface area contributed by atoms with Gasteiger partial charge in [-0.2, -0.15) is 5.10 Å². The van der Waals surface area contributed by atoms with Gasteiger partial charge in [0, 0.05) is 16.3 Å². The molecule has 0 bridgehead atoms. The Balaban J connectivity index is 1.31. The van der Waals surface area contributed by atoms with Crippen LogP contribution in [0.4, 0.5) is 5.69 Å². The van der Waals surface area contributed by atoms with Crippen LogP contribution in [-0.4, -0.2) is 26.5 Å². The Morgan fingerprint density at radius 1 is 0.872 bits per heavy atom. The zero-order valence-corrected chi connectivity index (χ0v) is 22.7. The van der Waals surface area contributed by atoms with E-state index < -0.39 is 21.9 Å². The number of hydrogen-bond donors (Lipinski definition) is 2. The molecule has 0 heterocycles. The second-order valence-electron chi connectivity index (χ2n) is 8.28. The van der Waals surface area contributed by atoms with Gasteiger partial charge in [0.05, 0.1) is 21.7 Å². The number of rotatable bonds is 8. The number of aryl methyl sites for hydroxylation is 1. The second kappa shape index (κ2) is 12.1. The van der Waals surface area contributed by atoms with Crippen LogP contribution in [0.2, 0.25) is 10.0 Å². The molecule has 198 valence electrons. The van der Waals surface area contributed by atoms with Crippen LogP contribution in [0.5, 0.6) is 5.75 Å². The van der Waals surface area contributed by atoms with E-state index >= 15 is 0 Å². The number of halogens is 2. The number of carbonyl (C=O) groups is 2. The Morgan fingerprint density at radius 2 is 1.54 bits per heavy atom. The summed E-state index contributed by atoms with van der Waals surface area (Å²) in [6, 6.07) is 23.3. The molecule has 0 fully saturated rings. The minimum atomic E-state index is -3.75. The summed E-state index contributed by atoms with van der Waals surface area (Å²) in [6.07, 6.45) is 1.42. The van der Waals surface area contributed by atoms with Crippen LogP contribution in [0.3, 0.4) is 0 Å². The second-order valence-corrected chi connectivity index (χ2v) is 10.8. The molecule has 39 heavy (non-hydrogen) atoms. The molecule has 0 saturated carbocycles. The first-order valence-corrected chi connectivity index (χ1v) is 13.6. The normalized spacial score (nSPS) is 11.3. The first-order chi connectivity index (χ1) is 18.6. The highest BCUT2D eigenvalue weighted by Crippen LogP contribution is 2.23. The molecule has 0 aliphatic carbocycles. The summed E-state index contributed by atoms with van der Waals surface area (Å²) in [5.41, 5.74) is 4.78. The molecule has 8 nitrogen and oxygen atoms in total. The molecule has 0 aliphatic heterocycles. The van der Waals surface area contributed by atoms with Crippen LogP contribution in [0, 0.1) is 6.92 Å². The van der Waals surface area contributed by atoms with Crippen molar-refractivity contribution < 1.29 is 22.7 Å². The number of nitrogens with zero attached hydrogens (tertiary/aromatic N) is 1. The Hall–Kier alpha value is -4.18. The van der Waals surface area contributed by atoms with Crippen LogP contribution < -0.4 is 14.9 Å². The molecule has 0 spiro atoms. The smallest absolute Gasteiger partial charge is 0.345 e. The summed E-state index contributed by atoms with van der Waals surface area (Å²) in [6.45, 7) is 1.87. The van der Waals surface area contributed by atoms with E-state index in [9.17, 15) is 18.0 Å². The average molecular weight is 582 g/mol. The van der Waals surface area contributed by atoms with Gasteiger partial charge in [0.25, 0.3) is 15.9 Å². The Kier molecular flexibility index (Phi) is 8.65. The van der Waals surface area contributed by atoms with Crippen LogP contribution in [0.25, 0.3) is 0 Å². The van der Waals surface area contributed by atoms with Crippen molar-refractivity contribution >= 4 is 57.0 Å². The molecular formula is C28H21Cl2N3O5S. The highest BCUT2D eigenvalue weighted by molar-refractivity contribution is 7.92. The van der Waals surface area contributed by atoms with E-state index in [1.807, 2.05) is 6.92 Å². The molecule has 0 unspecified atom stereocenters. The maximum Gasteiger partial charge on any atom is 0.345 e. The zero-order chi connectivity index (χ0) is 28.0. The lowest BCUT2D eigenvalue weighted by Gasteiger charge is -2.09. The lowest BCUT2D eigenvalue weighted by molar-refractivity contribution is 0.0734. The lowest BCUT2D eigenvalue weighted by atomic mass is 10.2. The maximum atomic E-state index is 12.5. The maximum absolute atomic E-state index is 12.5. The minimum Gasteiger partial charge on any atom is -0.423 e. The molecule has 4 aromatic rings.